The molecule has 0 radical (unpaired) electrons. The third-order valence-electron chi connectivity index (χ3n) is 3.14. The van der Waals surface area contributed by atoms with Gasteiger partial charge in [-0.3, -0.25) is 19.7 Å². The first-order chi connectivity index (χ1) is 10.8. The van der Waals surface area contributed by atoms with E-state index >= 15 is 0 Å². The highest BCUT2D eigenvalue weighted by molar-refractivity contribution is 5.87. The van der Waals surface area contributed by atoms with Crippen molar-refractivity contribution in [1.82, 2.24) is 10.6 Å². The first-order valence-corrected chi connectivity index (χ1v) is 7.34. The van der Waals surface area contributed by atoms with E-state index in [4.69, 9.17) is 0 Å². The largest absolute Gasteiger partial charge is 0.383 e. The van der Waals surface area contributed by atoms with E-state index in [2.05, 4.69) is 16.0 Å². The Morgan fingerprint density at radius 1 is 1.17 bits per heavy atom. The van der Waals surface area contributed by atoms with Crippen LogP contribution in [-0.2, 0) is 9.59 Å². The molecule has 2 amide bonds. The minimum absolute atomic E-state index is 0.0125. The summed E-state index contributed by atoms with van der Waals surface area (Å²) < 4.78 is 0. The number of hydrogen-bond donors (Lipinski definition) is 3. The van der Waals surface area contributed by atoms with Crippen molar-refractivity contribution >= 4 is 23.2 Å². The van der Waals surface area contributed by atoms with Gasteiger partial charge in [0.2, 0.25) is 11.8 Å². The summed E-state index contributed by atoms with van der Waals surface area (Å²) in [7, 11) is 0. The van der Waals surface area contributed by atoms with E-state index in [9.17, 15) is 19.7 Å². The molecule has 8 nitrogen and oxygen atoms in total. The Morgan fingerprint density at radius 2 is 1.78 bits per heavy atom. The standard InChI is InChI=1S/C15H22N4O4/c1-10(2)14(18-11(3)20)15(21)17-9-8-16-12-4-6-13(7-5-12)19(22)23/h4-7,10,14,16H,8-9H2,1-3H3,(H,17,21)(H,18,20). The second-order valence-electron chi connectivity index (χ2n) is 5.44. The molecule has 0 aliphatic carbocycles. The van der Waals surface area contributed by atoms with Gasteiger partial charge in [-0.1, -0.05) is 13.8 Å². The van der Waals surface area contributed by atoms with Crippen LogP contribution in [0.1, 0.15) is 20.8 Å². The summed E-state index contributed by atoms with van der Waals surface area (Å²) in [5.41, 5.74) is 0.756. The smallest absolute Gasteiger partial charge is 0.269 e. The van der Waals surface area contributed by atoms with E-state index in [1.165, 1.54) is 19.1 Å². The Kier molecular flexibility index (Phi) is 6.98. The molecule has 0 bridgehead atoms. The zero-order valence-electron chi connectivity index (χ0n) is 13.5. The number of amides is 2. The van der Waals surface area contributed by atoms with Crippen molar-refractivity contribution in [1.29, 1.82) is 0 Å². The van der Waals surface area contributed by atoms with Gasteiger partial charge >= 0.3 is 0 Å². The summed E-state index contributed by atoms with van der Waals surface area (Å²) in [6.07, 6.45) is 0. The highest BCUT2D eigenvalue weighted by Gasteiger charge is 2.22. The molecule has 3 N–H and O–H groups in total. The Morgan fingerprint density at radius 3 is 2.26 bits per heavy atom. The summed E-state index contributed by atoms with van der Waals surface area (Å²) in [4.78, 5) is 33.2. The van der Waals surface area contributed by atoms with Crippen molar-refractivity contribution in [2.45, 2.75) is 26.8 Å². The number of anilines is 1. The Labute approximate surface area is 134 Å². The zero-order chi connectivity index (χ0) is 17.4. The van der Waals surface area contributed by atoms with E-state index < -0.39 is 11.0 Å². The molecule has 1 unspecified atom stereocenters. The van der Waals surface area contributed by atoms with Gasteiger partial charge in [-0.15, -0.1) is 0 Å². The molecule has 0 saturated heterocycles. The molecule has 0 aromatic heterocycles. The predicted octanol–water partition coefficient (Wildman–Crippen LogP) is 1.28. The number of benzene rings is 1. The van der Waals surface area contributed by atoms with E-state index in [-0.39, 0.29) is 23.4 Å². The highest BCUT2D eigenvalue weighted by Crippen LogP contribution is 2.14. The lowest BCUT2D eigenvalue weighted by Crippen LogP contribution is -2.49. The van der Waals surface area contributed by atoms with Crippen LogP contribution < -0.4 is 16.0 Å². The fourth-order valence-corrected chi connectivity index (χ4v) is 1.96. The molecule has 8 heteroatoms. The van der Waals surface area contributed by atoms with E-state index in [1.54, 1.807) is 12.1 Å². The van der Waals surface area contributed by atoms with Crippen LogP contribution in [0.4, 0.5) is 11.4 Å². The molecule has 1 rings (SSSR count). The normalized spacial score (nSPS) is 11.7. The molecule has 0 aliphatic heterocycles. The van der Waals surface area contributed by atoms with Crippen molar-refractivity contribution in [3.63, 3.8) is 0 Å². The minimum Gasteiger partial charge on any atom is -0.383 e. The molecular weight excluding hydrogens is 300 g/mol. The average Bonchev–Trinajstić information content (AvgIpc) is 2.49. The number of nitro benzene ring substituents is 1. The second-order valence-corrected chi connectivity index (χ2v) is 5.44. The van der Waals surface area contributed by atoms with E-state index in [0.29, 0.717) is 13.1 Å². The van der Waals surface area contributed by atoms with Crippen molar-refractivity contribution in [3.8, 4) is 0 Å². The molecule has 0 spiro atoms. The third-order valence-corrected chi connectivity index (χ3v) is 3.14. The summed E-state index contributed by atoms with van der Waals surface area (Å²) in [5, 5.41) is 19.0. The summed E-state index contributed by atoms with van der Waals surface area (Å²) in [5.74, 6) is -0.495. The number of nitrogens with one attached hydrogen (secondary N) is 3. The molecule has 126 valence electrons. The van der Waals surface area contributed by atoms with Crippen LogP contribution in [0, 0.1) is 16.0 Å². The predicted molar refractivity (Wildman–Crippen MR) is 87.0 cm³/mol. The number of non-ortho nitro benzene ring substituents is 1. The first kappa shape index (κ1) is 18.4. The molecule has 0 heterocycles. The van der Waals surface area contributed by atoms with Crippen LogP contribution >= 0.6 is 0 Å². The van der Waals surface area contributed by atoms with Crippen LogP contribution in [0.15, 0.2) is 24.3 Å². The van der Waals surface area contributed by atoms with Gasteiger partial charge in [0.25, 0.3) is 5.69 Å². The van der Waals surface area contributed by atoms with Gasteiger partial charge in [0.05, 0.1) is 4.92 Å². The number of hydrogen-bond acceptors (Lipinski definition) is 5. The van der Waals surface area contributed by atoms with Gasteiger partial charge in [0, 0.05) is 37.8 Å². The monoisotopic (exact) mass is 322 g/mol. The maximum atomic E-state index is 12.0. The molecule has 0 aliphatic rings. The topological polar surface area (TPSA) is 113 Å². The van der Waals surface area contributed by atoms with Crippen LogP contribution in [0.2, 0.25) is 0 Å². The zero-order valence-corrected chi connectivity index (χ0v) is 13.5. The van der Waals surface area contributed by atoms with Gasteiger partial charge in [-0.05, 0) is 18.1 Å². The molecular formula is C15H22N4O4. The average molecular weight is 322 g/mol. The minimum atomic E-state index is -0.563. The van der Waals surface area contributed by atoms with Crippen LogP contribution in [0.25, 0.3) is 0 Å². The van der Waals surface area contributed by atoms with Crippen molar-refractivity contribution in [3.05, 3.63) is 34.4 Å². The van der Waals surface area contributed by atoms with Crippen molar-refractivity contribution < 1.29 is 14.5 Å². The fourth-order valence-electron chi connectivity index (χ4n) is 1.96. The maximum absolute atomic E-state index is 12.0. The molecule has 23 heavy (non-hydrogen) atoms. The van der Waals surface area contributed by atoms with Crippen LogP contribution in [-0.4, -0.2) is 35.9 Å². The number of nitro groups is 1. The molecule has 0 saturated carbocycles. The molecule has 1 atom stereocenters. The lowest BCUT2D eigenvalue weighted by molar-refractivity contribution is -0.384. The lowest BCUT2D eigenvalue weighted by atomic mass is 10.0. The summed E-state index contributed by atoms with van der Waals surface area (Å²) in [6, 6.07) is 5.47. The number of nitrogens with zero attached hydrogens (tertiary/aromatic N) is 1. The number of rotatable bonds is 8. The second kappa shape index (κ2) is 8.72. The number of carbonyl (C=O) groups excluding carboxylic acids is 2. The van der Waals surface area contributed by atoms with Crippen LogP contribution in [0.5, 0.6) is 0 Å². The van der Waals surface area contributed by atoms with Gasteiger partial charge in [-0.2, -0.15) is 0 Å². The van der Waals surface area contributed by atoms with Crippen LogP contribution in [0.3, 0.4) is 0 Å². The maximum Gasteiger partial charge on any atom is 0.269 e. The van der Waals surface area contributed by atoms with Gasteiger partial charge in [0.15, 0.2) is 0 Å². The van der Waals surface area contributed by atoms with E-state index in [0.717, 1.165) is 5.69 Å². The van der Waals surface area contributed by atoms with Gasteiger partial charge in [0.1, 0.15) is 6.04 Å². The van der Waals surface area contributed by atoms with E-state index in [1.807, 2.05) is 13.8 Å². The SMILES string of the molecule is CC(=O)NC(C(=O)NCCNc1ccc([N+](=O)[O-])cc1)C(C)C. The molecule has 0 fully saturated rings. The molecule has 1 aromatic rings. The first-order valence-electron chi connectivity index (χ1n) is 7.34. The van der Waals surface area contributed by atoms with Gasteiger partial charge < -0.3 is 16.0 Å². The molecule has 1 aromatic carbocycles. The summed E-state index contributed by atoms with van der Waals surface area (Å²) in [6.45, 7) is 5.93. The Hall–Kier alpha value is -2.64. The third kappa shape index (κ3) is 6.33. The lowest BCUT2D eigenvalue weighted by Gasteiger charge is -2.21. The highest BCUT2D eigenvalue weighted by atomic mass is 16.6. The Balaban J connectivity index is 2.39. The van der Waals surface area contributed by atoms with Crippen molar-refractivity contribution in [2.75, 3.05) is 18.4 Å². The van der Waals surface area contributed by atoms with Crippen molar-refractivity contribution in [2.24, 2.45) is 5.92 Å². The number of carbonyl (C=O) groups is 2. The van der Waals surface area contributed by atoms with Gasteiger partial charge in [-0.25, -0.2) is 0 Å². The fraction of sp³-hybridized carbons (Fsp3) is 0.467. The quantitative estimate of drug-likeness (QED) is 0.379. The summed E-state index contributed by atoms with van der Waals surface area (Å²) >= 11 is 0. The Bertz CT molecular complexity index is 557.